The summed E-state index contributed by atoms with van der Waals surface area (Å²) < 4.78 is 0. The summed E-state index contributed by atoms with van der Waals surface area (Å²) in [4.78, 5) is 30.8. The highest BCUT2D eigenvalue weighted by atomic mass is 16.2. The number of para-hydroxylation sites is 2. The van der Waals surface area contributed by atoms with E-state index in [0.29, 0.717) is 29.7 Å². The second-order valence-corrected chi connectivity index (χ2v) is 5.03. The molecule has 116 valence electrons. The minimum absolute atomic E-state index is 0.167. The summed E-state index contributed by atoms with van der Waals surface area (Å²) in [6, 6.07) is 16.1. The Balaban J connectivity index is 1.58. The van der Waals surface area contributed by atoms with E-state index in [4.69, 9.17) is 0 Å². The predicted molar refractivity (Wildman–Crippen MR) is 89.5 cm³/mol. The highest BCUT2D eigenvalue weighted by Crippen LogP contribution is 2.06. The molecule has 23 heavy (non-hydrogen) atoms. The number of rotatable bonds is 4. The smallest absolute Gasteiger partial charge is 0.319 e. The first kappa shape index (κ1) is 14.8. The SMILES string of the molecule is O=C(NCCc1nc2ccccc2c(=O)[nH]1)Nc1ccccc1. The van der Waals surface area contributed by atoms with Crippen LogP contribution in [0.5, 0.6) is 0 Å². The molecule has 3 aromatic rings. The van der Waals surface area contributed by atoms with Crippen molar-refractivity contribution in [2.24, 2.45) is 0 Å². The quantitative estimate of drug-likeness (QED) is 0.691. The molecule has 6 heteroatoms. The molecular weight excluding hydrogens is 292 g/mol. The van der Waals surface area contributed by atoms with E-state index in [0.717, 1.165) is 5.69 Å². The largest absolute Gasteiger partial charge is 0.337 e. The number of nitrogens with zero attached hydrogens (tertiary/aromatic N) is 1. The molecule has 0 aliphatic heterocycles. The van der Waals surface area contributed by atoms with E-state index in [1.165, 1.54) is 0 Å². The van der Waals surface area contributed by atoms with Crippen LogP contribution in [-0.4, -0.2) is 22.5 Å². The Morgan fingerprint density at radius 1 is 1.04 bits per heavy atom. The van der Waals surface area contributed by atoms with Gasteiger partial charge in [-0.05, 0) is 24.3 Å². The van der Waals surface area contributed by atoms with Crippen LogP contribution in [0.25, 0.3) is 10.9 Å². The van der Waals surface area contributed by atoms with E-state index in [-0.39, 0.29) is 11.6 Å². The molecule has 3 N–H and O–H groups in total. The minimum atomic E-state index is -0.292. The van der Waals surface area contributed by atoms with Crippen LogP contribution in [-0.2, 0) is 6.42 Å². The van der Waals surface area contributed by atoms with Gasteiger partial charge in [0.15, 0.2) is 0 Å². The normalized spacial score (nSPS) is 10.4. The molecule has 2 amide bonds. The number of hydrogen-bond acceptors (Lipinski definition) is 3. The average molecular weight is 308 g/mol. The molecule has 0 bridgehead atoms. The maximum atomic E-state index is 11.9. The van der Waals surface area contributed by atoms with Crippen LogP contribution in [0.4, 0.5) is 10.5 Å². The Labute approximate surface area is 132 Å². The fourth-order valence-electron chi connectivity index (χ4n) is 2.24. The van der Waals surface area contributed by atoms with E-state index < -0.39 is 0 Å². The number of aromatic amines is 1. The lowest BCUT2D eigenvalue weighted by Gasteiger charge is -2.07. The number of nitrogens with one attached hydrogen (secondary N) is 3. The second kappa shape index (κ2) is 6.74. The van der Waals surface area contributed by atoms with Gasteiger partial charge >= 0.3 is 6.03 Å². The van der Waals surface area contributed by atoms with E-state index in [2.05, 4.69) is 20.6 Å². The number of carbonyl (C=O) groups is 1. The van der Waals surface area contributed by atoms with Gasteiger partial charge in [0.1, 0.15) is 5.82 Å². The number of fused-ring (bicyclic) bond motifs is 1. The Morgan fingerprint density at radius 2 is 1.78 bits per heavy atom. The van der Waals surface area contributed by atoms with E-state index in [1.54, 1.807) is 18.2 Å². The number of H-pyrrole nitrogens is 1. The average Bonchev–Trinajstić information content (AvgIpc) is 2.56. The van der Waals surface area contributed by atoms with Gasteiger partial charge in [-0.2, -0.15) is 0 Å². The van der Waals surface area contributed by atoms with Gasteiger partial charge < -0.3 is 15.6 Å². The van der Waals surface area contributed by atoms with Crippen LogP contribution in [0.1, 0.15) is 5.82 Å². The summed E-state index contributed by atoms with van der Waals surface area (Å²) in [6.07, 6.45) is 0.447. The van der Waals surface area contributed by atoms with Gasteiger partial charge in [-0.15, -0.1) is 0 Å². The fourth-order valence-corrected chi connectivity index (χ4v) is 2.24. The zero-order chi connectivity index (χ0) is 16.1. The maximum Gasteiger partial charge on any atom is 0.319 e. The van der Waals surface area contributed by atoms with Gasteiger partial charge in [-0.25, -0.2) is 9.78 Å². The molecule has 3 rings (SSSR count). The van der Waals surface area contributed by atoms with Crippen molar-refractivity contribution in [2.45, 2.75) is 6.42 Å². The molecular formula is C17H16N4O2. The van der Waals surface area contributed by atoms with Crippen LogP contribution in [0.3, 0.4) is 0 Å². The Kier molecular flexibility index (Phi) is 4.33. The van der Waals surface area contributed by atoms with Crippen molar-refractivity contribution in [3.05, 3.63) is 70.8 Å². The monoisotopic (exact) mass is 308 g/mol. The summed E-state index contributed by atoms with van der Waals surface area (Å²) in [5.41, 5.74) is 1.21. The zero-order valence-electron chi connectivity index (χ0n) is 12.4. The molecule has 0 radical (unpaired) electrons. The van der Waals surface area contributed by atoms with Crippen molar-refractivity contribution < 1.29 is 4.79 Å². The Bertz CT molecular complexity index is 874. The minimum Gasteiger partial charge on any atom is -0.337 e. The van der Waals surface area contributed by atoms with E-state index in [9.17, 15) is 9.59 Å². The van der Waals surface area contributed by atoms with Crippen LogP contribution in [0.15, 0.2) is 59.4 Å². The zero-order valence-corrected chi connectivity index (χ0v) is 12.4. The second-order valence-electron chi connectivity index (χ2n) is 5.03. The lowest BCUT2D eigenvalue weighted by atomic mass is 10.2. The highest BCUT2D eigenvalue weighted by molar-refractivity contribution is 5.89. The lowest BCUT2D eigenvalue weighted by Crippen LogP contribution is -2.31. The summed E-state index contributed by atoms with van der Waals surface area (Å²) in [5.74, 6) is 0.550. The highest BCUT2D eigenvalue weighted by Gasteiger charge is 2.04. The molecule has 2 aromatic carbocycles. The first-order chi connectivity index (χ1) is 11.2. The number of hydrogen-bond donors (Lipinski definition) is 3. The van der Waals surface area contributed by atoms with Gasteiger partial charge in [0.2, 0.25) is 0 Å². The molecule has 6 nitrogen and oxygen atoms in total. The van der Waals surface area contributed by atoms with Crippen molar-refractivity contribution >= 4 is 22.6 Å². The molecule has 0 saturated heterocycles. The molecule has 0 saturated carbocycles. The predicted octanol–water partition coefficient (Wildman–Crippen LogP) is 2.29. The molecule has 0 aliphatic rings. The van der Waals surface area contributed by atoms with Gasteiger partial charge in [0.05, 0.1) is 10.9 Å². The van der Waals surface area contributed by atoms with E-state index in [1.807, 2.05) is 36.4 Å². The third-order valence-electron chi connectivity index (χ3n) is 3.34. The fraction of sp³-hybridized carbons (Fsp3) is 0.118. The van der Waals surface area contributed by atoms with E-state index >= 15 is 0 Å². The molecule has 0 unspecified atom stereocenters. The molecule has 0 fully saturated rings. The van der Waals surface area contributed by atoms with Crippen molar-refractivity contribution in [3.8, 4) is 0 Å². The number of amides is 2. The maximum absolute atomic E-state index is 11.9. The Hall–Kier alpha value is -3.15. The number of carbonyl (C=O) groups excluding carboxylic acids is 1. The molecule has 0 aliphatic carbocycles. The number of benzene rings is 2. The molecule has 0 spiro atoms. The van der Waals surface area contributed by atoms with Crippen molar-refractivity contribution in [2.75, 3.05) is 11.9 Å². The first-order valence-electron chi connectivity index (χ1n) is 7.30. The van der Waals surface area contributed by atoms with Crippen LogP contribution in [0, 0.1) is 0 Å². The van der Waals surface area contributed by atoms with Crippen LogP contribution < -0.4 is 16.2 Å². The van der Waals surface area contributed by atoms with Crippen molar-refractivity contribution in [1.82, 2.24) is 15.3 Å². The summed E-state index contributed by atoms with van der Waals surface area (Å²) in [5, 5.41) is 6.02. The van der Waals surface area contributed by atoms with Gasteiger partial charge in [0, 0.05) is 18.7 Å². The summed E-state index contributed by atoms with van der Waals surface area (Å²) in [7, 11) is 0. The first-order valence-corrected chi connectivity index (χ1v) is 7.30. The number of urea groups is 1. The molecule has 1 heterocycles. The van der Waals surface area contributed by atoms with Gasteiger partial charge in [-0.1, -0.05) is 30.3 Å². The number of aromatic nitrogens is 2. The number of anilines is 1. The lowest BCUT2D eigenvalue weighted by molar-refractivity contribution is 0.252. The van der Waals surface area contributed by atoms with Crippen LogP contribution in [0.2, 0.25) is 0 Å². The van der Waals surface area contributed by atoms with Crippen molar-refractivity contribution in [3.63, 3.8) is 0 Å². The standard InChI is InChI=1S/C17H16N4O2/c22-16-13-8-4-5-9-14(13)20-15(21-16)10-11-18-17(23)19-12-6-2-1-3-7-12/h1-9H,10-11H2,(H2,18,19,23)(H,20,21,22). The Morgan fingerprint density at radius 3 is 2.61 bits per heavy atom. The van der Waals surface area contributed by atoms with Crippen molar-refractivity contribution in [1.29, 1.82) is 0 Å². The van der Waals surface area contributed by atoms with Gasteiger partial charge in [-0.3, -0.25) is 4.79 Å². The summed E-state index contributed by atoms with van der Waals surface area (Å²) >= 11 is 0. The third kappa shape index (κ3) is 3.74. The van der Waals surface area contributed by atoms with Crippen LogP contribution >= 0.6 is 0 Å². The molecule has 1 aromatic heterocycles. The third-order valence-corrected chi connectivity index (χ3v) is 3.34. The van der Waals surface area contributed by atoms with Gasteiger partial charge in [0.25, 0.3) is 5.56 Å². The molecule has 0 atom stereocenters. The summed E-state index contributed by atoms with van der Waals surface area (Å²) in [6.45, 7) is 0.375. The topological polar surface area (TPSA) is 86.9 Å².